The number of carbonyl (C=O) groups is 1. The SMILES string of the molecule is COc1ccc(C2(C(=O)N[C@H](C)Cn3c(=O)oc4ccccc43)CC2)cc1. The number of carbonyl (C=O) groups excluding carboxylic acids is 1. The zero-order valence-electron chi connectivity index (χ0n) is 15.4. The zero-order chi connectivity index (χ0) is 19.0. The minimum absolute atomic E-state index is 0.000941. The van der Waals surface area contributed by atoms with Crippen LogP contribution in [-0.4, -0.2) is 23.6 Å². The molecule has 1 aliphatic carbocycles. The first-order valence-electron chi connectivity index (χ1n) is 9.07. The highest BCUT2D eigenvalue weighted by molar-refractivity contribution is 5.91. The summed E-state index contributed by atoms with van der Waals surface area (Å²) in [5, 5.41) is 3.07. The number of methoxy groups -OCH3 is 1. The fourth-order valence-corrected chi connectivity index (χ4v) is 3.55. The predicted octanol–water partition coefficient (Wildman–Crippen LogP) is 2.84. The van der Waals surface area contributed by atoms with Crippen molar-refractivity contribution in [3.63, 3.8) is 0 Å². The van der Waals surface area contributed by atoms with Gasteiger partial charge in [0, 0.05) is 12.6 Å². The molecule has 0 aliphatic heterocycles. The van der Waals surface area contributed by atoms with E-state index in [4.69, 9.17) is 9.15 Å². The maximum atomic E-state index is 12.9. The van der Waals surface area contributed by atoms with Crippen molar-refractivity contribution in [3.8, 4) is 5.75 Å². The van der Waals surface area contributed by atoms with Crippen LogP contribution >= 0.6 is 0 Å². The number of aromatic nitrogens is 1. The third kappa shape index (κ3) is 3.12. The number of hydrogen-bond acceptors (Lipinski definition) is 4. The minimum Gasteiger partial charge on any atom is -0.497 e. The highest BCUT2D eigenvalue weighted by Gasteiger charge is 2.51. The Balaban J connectivity index is 1.49. The normalized spacial score (nSPS) is 16.1. The number of amides is 1. The molecule has 140 valence electrons. The third-order valence-electron chi connectivity index (χ3n) is 5.23. The lowest BCUT2D eigenvalue weighted by molar-refractivity contribution is -0.124. The van der Waals surface area contributed by atoms with E-state index >= 15 is 0 Å². The van der Waals surface area contributed by atoms with Crippen molar-refractivity contribution in [2.75, 3.05) is 7.11 Å². The standard InChI is InChI=1S/C21H22N2O4/c1-14(13-23-17-5-3-4-6-18(17)27-20(23)25)22-19(24)21(11-12-21)15-7-9-16(26-2)10-8-15/h3-10,14H,11-13H2,1-2H3,(H,22,24)/t14-/m1/s1. The van der Waals surface area contributed by atoms with E-state index in [0.29, 0.717) is 12.1 Å². The van der Waals surface area contributed by atoms with E-state index in [1.807, 2.05) is 49.4 Å². The van der Waals surface area contributed by atoms with Crippen molar-refractivity contribution in [2.45, 2.75) is 37.8 Å². The molecule has 3 aromatic rings. The van der Waals surface area contributed by atoms with Gasteiger partial charge in [-0.2, -0.15) is 0 Å². The summed E-state index contributed by atoms with van der Waals surface area (Å²) < 4.78 is 12.0. The van der Waals surface area contributed by atoms with Gasteiger partial charge in [-0.25, -0.2) is 4.79 Å². The van der Waals surface area contributed by atoms with Gasteiger partial charge in [0.1, 0.15) is 5.75 Å². The van der Waals surface area contributed by atoms with E-state index in [2.05, 4.69) is 5.32 Å². The van der Waals surface area contributed by atoms with Crippen LogP contribution in [0.2, 0.25) is 0 Å². The maximum absolute atomic E-state index is 12.9. The average Bonchev–Trinajstić information content (AvgIpc) is 3.43. The first kappa shape index (κ1) is 17.4. The lowest BCUT2D eigenvalue weighted by atomic mass is 9.94. The van der Waals surface area contributed by atoms with Gasteiger partial charge in [0.2, 0.25) is 5.91 Å². The quantitative estimate of drug-likeness (QED) is 0.728. The highest BCUT2D eigenvalue weighted by Crippen LogP contribution is 2.48. The van der Waals surface area contributed by atoms with Crippen LogP contribution in [0.15, 0.2) is 57.7 Å². The second-order valence-corrected chi connectivity index (χ2v) is 7.13. The number of nitrogens with one attached hydrogen (secondary N) is 1. The van der Waals surface area contributed by atoms with Crippen molar-refractivity contribution in [1.29, 1.82) is 0 Å². The Morgan fingerprint density at radius 3 is 2.59 bits per heavy atom. The second-order valence-electron chi connectivity index (χ2n) is 7.13. The van der Waals surface area contributed by atoms with Crippen LogP contribution in [0, 0.1) is 0 Å². The van der Waals surface area contributed by atoms with Gasteiger partial charge in [-0.15, -0.1) is 0 Å². The molecule has 0 bridgehead atoms. The van der Waals surface area contributed by atoms with Crippen LogP contribution in [0.1, 0.15) is 25.3 Å². The van der Waals surface area contributed by atoms with Crippen LogP contribution in [0.4, 0.5) is 0 Å². The van der Waals surface area contributed by atoms with Crippen molar-refractivity contribution < 1.29 is 13.9 Å². The van der Waals surface area contributed by atoms with Gasteiger partial charge >= 0.3 is 5.76 Å². The van der Waals surface area contributed by atoms with Crippen molar-refractivity contribution in [3.05, 3.63) is 64.6 Å². The molecule has 1 heterocycles. The number of fused-ring (bicyclic) bond motifs is 1. The van der Waals surface area contributed by atoms with E-state index in [1.165, 1.54) is 0 Å². The molecule has 6 heteroatoms. The fourth-order valence-electron chi connectivity index (χ4n) is 3.55. The van der Waals surface area contributed by atoms with Crippen molar-refractivity contribution >= 4 is 17.0 Å². The zero-order valence-corrected chi connectivity index (χ0v) is 15.4. The second kappa shape index (κ2) is 6.61. The van der Waals surface area contributed by atoms with Crippen LogP contribution in [0.3, 0.4) is 0 Å². The summed E-state index contributed by atoms with van der Waals surface area (Å²) in [5.41, 5.74) is 1.82. The maximum Gasteiger partial charge on any atom is 0.420 e. The summed E-state index contributed by atoms with van der Waals surface area (Å²) in [6, 6.07) is 14.7. The molecule has 4 rings (SSSR count). The molecule has 27 heavy (non-hydrogen) atoms. The Morgan fingerprint density at radius 1 is 1.22 bits per heavy atom. The van der Waals surface area contributed by atoms with Crippen molar-refractivity contribution in [2.24, 2.45) is 0 Å². The summed E-state index contributed by atoms with van der Waals surface area (Å²) in [6.45, 7) is 2.26. The van der Waals surface area contributed by atoms with Gasteiger partial charge in [0.25, 0.3) is 0 Å². The van der Waals surface area contributed by atoms with Gasteiger partial charge in [-0.1, -0.05) is 24.3 Å². The molecular weight excluding hydrogens is 344 g/mol. The van der Waals surface area contributed by atoms with Crippen LogP contribution in [-0.2, 0) is 16.8 Å². The molecule has 0 unspecified atom stereocenters. The lowest BCUT2D eigenvalue weighted by Gasteiger charge is -2.20. The molecular formula is C21H22N2O4. The Bertz CT molecular complexity index is 1030. The Morgan fingerprint density at radius 2 is 1.93 bits per heavy atom. The molecule has 6 nitrogen and oxygen atoms in total. The molecule has 1 atom stereocenters. The molecule has 1 aliphatic rings. The van der Waals surface area contributed by atoms with E-state index in [0.717, 1.165) is 29.7 Å². The Kier molecular flexibility index (Phi) is 4.26. The predicted molar refractivity (Wildman–Crippen MR) is 102 cm³/mol. The summed E-state index contributed by atoms with van der Waals surface area (Å²) in [5.74, 6) is 0.365. The molecule has 1 aromatic heterocycles. The van der Waals surface area contributed by atoms with Gasteiger partial charge in [-0.3, -0.25) is 9.36 Å². The third-order valence-corrected chi connectivity index (χ3v) is 5.23. The number of hydrogen-bond donors (Lipinski definition) is 1. The number of oxazole rings is 1. The Labute approximate surface area is 156 Å². The van der Waals surface area contributed by atoms with E-state index < -0.39 is 11.2 Å². The molecule has 1 amide bonds. The summed E-state index contributed by atoms with van der Waals surface area (Å²) in [4.78, 5) is 25.0. The molecule has 0 saturated heterocycles. The van der Waals surface area contributed by atoms with Gasteiger partial charge in [0.05, 0.1) is 18.0 Å². The molecule has 0 spiro atoms. The number of para-hydroxylation sites is 2. The molecule has 1 saturated carbocycles. The van der Waals surface area contributed by atoms with Gasteiger partial charge in [0.15, 0.2) is 5.58 Å². The fraction of sp³-hybridized carbons (Fsp3) is 0.333. The summed E-state index contributed by atoms with van der Waals surface area (Å²) >= 11 is 0. The largest absolute Gasteiger partial charge is 0.497 e. The van der Waals surface area contributed by atoms with Crippen LogP contribution in [0.25, 0.3) is 11.1 Å². The molecule has 0 radical (unpaired) electrons. The highest BCUT2D eigenvalue weighted by atomic mass is 16.5. The van der Waals surface area contributed by atoms with Crippen LogP contribution in [0.5, 0.6) is 5.75 Å². The lowest BCUT2D eigenvalue weighted by Crippen LogP contribution is -2.42. The average molecular weight is 366 g/mol. The first-order chi connectivity index (χ1) is 13.0. The smallest absolute Gasteiger partial charge is 0.420 e. The molecule has 1 fully saturated rings. The Hall–Kier alpha value is -3.02. The minimum atomic E-state index is -0.468. The summed E-state index contributed by atoms with van der Waals surface area (Å²) in [6.07, 6.45) is 1.65. The van der Waals surface area contributed by atoms with Gasteiger partial charge < -0.3 is 14.5 Å². The van der Waals surface area contributed by atoms with E-state index in [9.17, 15) is 9.59 Å². The number of nitrogens with zero attached hydrogens (tertiary/aromatic N) is 1. The monoisotopic (exact) mass is 366 g/mol. The molecule has 2 aromatic carbocycles. The van der Waals surface area contributed by atoms with Gasteiger partial charge in [-0.05, 0) is 49.6 Å². The number of benzene rings is 2. The summed E-state index contributed by atoms with van der Waals surface area (Å²) in [7, 11) is 1.62. The first-order valence-corrected chi connectivity index (χ1v) is 9.07. The van der Waals surface area contributed by atoms with Crippen molar-refractivity contribution in [1.82, 2.24) is 9.88 Å². The molecule has 1 N–H and O–H groups in total. The van der Waals surface area contributed by atoms with E-state index in [1.54, 1.807) is 17.7 Å². The number of rotatable bonds is 6. The topological polar surface area (TPSA) is 73.5 Å². The van der Waals surface area contributed by atoms with Crippen LogP contribution < -0.4 is 15.8 Å². The number of ether oxygens (including phenoxy) is 1. The van der Waals surface area contributed by atoms with E-state index in [-0.39, 0.29) is 11.9 Å².